The molecule has 0 atom stereocenters. The van der Waals surface area contributed by atoms with Gasteiger partial charge >= 0.3 is 0 Å². The Kier molecular flexibility index (Phi) is 4.61. The van der Waals surface area contributed by atoms with Crippen molar-refractivity contribution in [3.63, 3.8) is 0 Å². The van der Waals surface area contributed by atoms with Gasteiger partial charge in [0.25, 0.3) is 5.91 Å². The molecule has 0 unspecified atom stereocenters. The van der Waals surface area contributed by atoms with Crippen LogP contribution in [0.5, 0.6) is 0 Å². The Hall–Kier alpha value is -2.03. The smallest absolute Gasteiger partial charge is 0.273 e. The molecule has 0 saturated heterocycles. The molecule has 0 fully saturated rings. The molecule has 2 aromatic rings. The third-order valence-electron chi connectivity index (χ3n) is 2.21. The van der Waals surface area contributed by atoms with Crippen LogP contribution in [0, 0.1) is 11.6 Å². The SMILES string of the molecule is CSCc1noc(CNC(=O)c2ncc(F)cc2F)n1. The van der Waals surface area contributed by atoms with E-state index in [0.717, 1.165) is 6.20 Å². The number of pyridine rings is 1. The third kappa shape index (κ3) is 3.50. The van der Waals surface area contributed by atoms with Crippen molar-refractivity contribution in [3.05, 3.63) is 41.3 Å². The number of hydrogen-bond acceptors (Lipinski definition) is 6. The van der Waals surface area contributed by atoms with E-state index in [1.807, 2.05) is 6.26 Å². The minimum absolute atomic E-state index is 0.0568. The Morgan fingerprint density at radius 3 is 3.00 bits per heavy atom. The van der Waals surface area contributed by atoms with E-state index < -0.39 is 23.2 Å². The van der Waals surface area contributed by atoms with Crippen LogP contribution in [0.25, 0.3) is 0 Å². The van der Waals surface area contributed by atoms with Gasteiger partial charge in [-0.05, 0) is 6.26 Å². The Morgan fingerprint density at radius 2 is 2.30 bits per heavy atom. The summed E-state index contributed by atoms with van der Waals surface area (Å²) in [6.45, 7) is -0.0568. The number of nitrogens with one attached hydrogen (secondary N) is 1. The Bertz CT molecular complexity index is 620. The van der Waals surface area contributed by atoms with E-state index >= 15 is 0 Å². The normalized spacial score (nSPS) is 10.6. The molecule has 0 spiro atoms. The van der Waals surface area contributed by atoms with Crippen LogP contribution in [-0.2, 0) is 12.3 Å². The average Bonchev–Trinajstić information content (AvgIpc) is 2.84. The predicted octanol–water partition coefficient (Wildman–Crippen LogP) is 1.54. The zero-order valence-electron chi connectivity index (χ0n) is 10.4. The Labute approximate surface area is 117 Å². The van der Waals surface area contributed by atoms with Crippen molar-refractivity contribution >= 4 is 17.7 Å². The van der Waals surface area contributed by atoms with Gasteiger partial charge in [0, 0.05) is 6.07 Å². The minimum Gasteiger partial charge on any atom is -0.342 e. The van der Waals surface area contributed by atoms with Gasteiger partial charge in [0.2, 0.25) is 5.89 Å². The molecule has 2 aromatic heterocycles. The number of amides is 1. The number of carbonyl (C=O) groups is 1. The third-order valence-corrected chi connectivity index (χ3v) is 2.75. The lowest BCUT2D eigenvalue weighted by Gasteiger charge is -2.02. The number of halogens is 2. The molecule has 0 saturated carbocycles. The highest BCUT2D eigenvalue weighted by Gasteiger charge is 2.15. The van der Waals surface area contributed by atoms with Crippen LogP contribution in [0.1, 0.15) is 22.2 Å². The first kappa shape index (κ1) is 14.4. The fourth-order valence-electron chi connectivity index (χ4n) is 1.37. The van der Waals surface area contributed by atoms with Crippen molar-refractivity contribution < 1.29 is 18.1 Å². The molecule has 2 rings (SSSR count). The summed E-state index contributed by atoms with van der Waals surface area (Å²) in [7, 11) is 0. The van der Waals surface area contributed by atoms with Gasteiger partial charge in [0.1, 0.15) is 5.82 Å². The fraction of sp³-hybridized carbons (Fsp3) is 0.273. The second-order valence-corrected chi connectivity index (χ2v) is 4.57. The number of hydrogen-bond donors (Lipinski definition) is 1. The summed E-state index contributed by atoms with van der Waals surface area (Å²) >= 11 is 1.53. The Morgan fingerprint density at radius 1 is 1.50 bits per heavy atom. The average molecular weight is 300 g/mol. The van der Waals surface area contributed by atoms with E-state index in [1.165, 1.54) is 11.8 Å². The molecule has 0 bridgehead atoms. The summed E-state index contributed by atoms with van der Waals surface area (Å²) < 4.78 is 30.9. The van der Waals surface area contributed by atoms with Gasteiger partial charge in [-0.3, -0.25) is 4.79 Å². The largest absolute Gasteiger partial charge is 0.342 e. The van der Waals surface area contributed by atoms with Crippen molar-refractivity contribution in [2.24, 2.45) is 0 Å². The lowest BCUT2D eigenvalue weighted by atomic mass is 10.3. The number of thioether (sulfide) groups is 1. The highest BCUT2D eigenvalue weighted by molar-refractivity contribution is 7.97. The van der Waals surface area contributed by atoms with Gasteiger partial charge in [0.05, 0.1) is 18.5 Å². The molecule has 20 heavy (non-hydrogen) atoms. The first-order chi connectivity index (χ1) is 9.60. The van der Waals surface area contributed by atoms with Crippen LogP contribution in [0.3, 0.4) is 0 Å². The maximum absolute atomic E-state index is 13.3. The molecule has 6 nitrogen and oxygen atoms in total. The standard InChI is InChI=1S/C11H10F2N4O2S/c1-20-5-8-16-9(19-17-8)4-15-11(18)10-7(13)2-6(12)3-14-10/h2-3H,4-5H2,1H3,(H,15,18). The van der Waals surface area contributed by atoms with Gasteiger partial charge in [-0.25, -0.2) is 13.8 Å². The van der Waals surface area contributed by atoms with E-state index in [9.17, 15) is 13.6 Å². The quantitative estimate of drug-likeness (QED) is 0.902. The van der Waals surface area contributed by atoms with Crippen molar-refractivity contribution in [2.75, 3.05) is 6.26 Å². The van der Waals surface area contributed by atoms with E-state index in [4.69, 9.17) is 4.52 Å². The highest BCUT2D eigenvalue weighted by Crippen LogP contribution is 2.07. The lowest BCUT2D eigenvalue weighted by Crippen LogP contribution is -2.25. The van der Waals surface area contributed by atoms with Crippen LogP contribution < -0.4 is 5.32 Å². The predicted molar refractivity (Wildman–Crippen MR) is 66.8 cm³/mol. The second-order valence-electron chi connectivity index (χ2n) is 3.70. The zero-order valence-corrected chi connectivity index (χ0v) is 11.2. The molecule has 0 aliphatic heterocycles. The first-order valence-corrected chi connectivity index (χ1v) is 6.89. The summed E-state index contributed by atoms with van der Waals surface area (Å²) in [4.78, 5) is 19.1. The molecule has 106 valence electrons. The van der Waals surface area contributed by atoms with Gasteiger partial charge in [0.15, 0.2) is 17.3 Å². The van der Waals surface area contributed by atoms with Crippen molar-refractivity contribution in [3.8, 4) is 0 Å². The van der Waals surface area contributed by atoms with Crippen molar-refractivity contribution in [1.82, 2.24) is 20.4 Å². The summed E-state index contributed by atoms with van der Waals surface area (Å²) in [5, 5.41) is 6.05. The lowest BCUT2D eigenvalue weighted by molar-refractivity contribution is 0.0936. The number of carbonyl (C=O) groups excluding carboxylic acids is 1. The molecule has 0 aliphatic carbocycles. The Balaban J connectivity index is 1.97. The topological polar surface area (TPSA) is 80.9 Å². The van der Waals surface area contributed by atoms with E-state index in [-0.39, 0.29) is 12.4 Å². The van der Waals surface area contributed by atoms with Crippen LogP contribution >= 0.6 is 11.8 Å². The number of nitrogens with zero attached hydrogens (tertiary/aromatic N) is 3. The van der Waals surface area contributed by atoms with Crippen LogP contribution in [-0.4, -0.2) is 27.3 Å². The molecule has 1 amide bonds. The minimum atomic E-state index is -1.03. The second kappa shape index (κ2) is 6.42. The van der Waals surface area contributed by atoms with Gasteiger partial charge < -0.3 is 9.84 Å². The van der Waals surface area contributed by atoms with Crippen LogP contribution in [0.15, 0.2) is 16.8 Å². The number of rotatable bonds is 5. The maximum atomic E-state index is 13.3. The summed E-state index contributed by atoms with van der Waals surface area (Å²) in [5.74, 6) is -1.37. The van der Waals surface area contributed by atoms with Gasteiger partial charge in [-0.15, -0.1) is 0 Å². The molecule has 0 aliphatic rings. The van der Waals surface area contributed by atoms with Crippen LogP contribution in [0.2, 0.25) is 0 Å². The maximum Gasteiger partial charge on any atom is 0.273 e. The monoisotopic (exact) mass is 300 g/mol. The van der Waals surface area contributed by atoms with Crippen molar-refractivity contribution in [1.29, 1.82) is 0 Å². The fourth-order valence-corrected chi connectivity index (χ4v) is 1.75. The highest BCUT2D eigenvalue weighted by atomic mass is 32.2. The van der Waals surface area contributed by atoms with E-state index in [1.54, 1.807) is 0 Å². The molecule has 1 N–H and O–H groups in total. The van der Waals surface area contributed by atoms with Gasteiger partial charge in [-0.2, -0.15) is 16.7 Å². The molecule has 9 heteroatoms. The van der Waals surface area contributed by atoms with E-state index in [0.29, 0.717) is 17.6 Å². The zero-order chi connectivity index (χ0) is 14.5. The molecular formula is C11H10F2N4O2S. The molecule has 0 radical (unpaired) electrons. The molecule has 0 aromatic carbocycles. The van der Waals surface area contributed by atoms with Crippen molar-refractivity contribution in [2.45, 2.75) is 12.3 Å². The summed E-state index contributed by atoms with van der Waals surface area (Å²) in [5.41, 5.74) is -0.491. The number of aromatic nitrogens is 3. The molecule has 2 heterocycles. The first-order valence-electron chi connectivity index (χ1n) is 5.50. The van der Waals surface area contributed by atoms with Gasteiger partial charge in [-0.1, -0.05) is 5.16 Å². The summed E-state index contributed by atoms with van der Waals surface area (Å²) in [6, 6.07) is 0.588. The summed E-state index contributed by atoms with van der Waals surface area (Å²) in [6.07, 6.45) is 2.65. The van der Waals surface area contributed by atoms with E-state index in [2.05, 4.69) is 20.4 Å². The van der Waals surface area contributed by atoms with Crippen LogP contribution in [0.4, 0.5) is 8.78 Å². The molecular weight excluding hydrogens is 290 g/mol.